The number of hydrogen-bond donors (Lipinski definition) is 1. The van der Waals surface area contributed by atoms with Gasteiger partial charge in [0.05, 0.1) is 0 Å². The Hall–Kier alpha value is -1.49. The van der Waals surface area contributed by atoms with Crippen molar-refractivity contribution in [3.8, 4) is 5.75 Å². The highest BCUT2D eigenvalue weighted by molar-refractivity contribution is 14.1. The van der Waals surface area contributed by atoms with Crippen LogP contribution in [0.1, 0.15) is 5.56 Å². The highest BCUT2D eigenvalue weighted by Crippen LogP contribution is 2.18. The van der Waals surface area contributed by atoms with Crippen LogP contribution in [0.5, 0.6) is 5.75 Å². The number of nitrogens with one attached hydrogen (secondary N) is 1. The van der Waals surface area contributed by atoms with Gasteiger partial charge in [-0.1, -0.05) is 36.9 Å². The van der Waals surface area contributed by atoms with Gasteiger partial charge in [-0.15, -0.1) is 0 Å². The number of ether oxygens (including phenoxy) is 1. The van der Waals surface area contributed by atoms with Crippen LogP contribution in [0.3, 0.4) is 0 Å². The standard InChI is InChI=1S/C16H16INO/c1-2-11-19-14-9-7-13(8-10-14)12-18-16-6-4-3-5-15(16)17/h2-10,18H,1,11-12H2. The van der Waals surface area contributed by atoms with Crippen molar-refractivity contribution in [2.75, 3.05) is 11.9 Å². The Labute approximate surface area is 127 Å². The molecule has 0 saturated carbocycles. The minimum Gasteiger partial charge on any atom is -0.490 e. The average Bonchev–Trinajstić information content (AvgIpc) is 2.45. The predicted octanol–water partition coefficient (Wildman–Crippen LogP) is 4.47. The Bertz CT molecular complexity index is 537. The molecule has 0 aromatic heterocycles. The Kier molecular flexibility index (Phi) is 5.27. The summed E-state index contributed by atoms with van der Waals surface area (Å²) >= 11 is 2.33. The molecule has 0 unspecified atom stereocenters. The Morgan fingerprint density at radius 2 is 1.84 bits per heavy atom. The van der Waals surface area contributed by atoms with E-state index in [9.17, 15) is 0 Å². The van der Waals surface area contributed by atoms with Gasteiger partial charge in [0.2, 0.25) is 0 Å². The molecular formula is C16H16INO. The van der Waals surface area contributed by atoms with E-state index in [2.05, 4.69) is 58.8 Å². The number of rotatable bonds is 6. The zero-order chi connectivity index (χ0) is 13.5. The first-order valence-electron chi connectivity index (χ1n) is 6.10. The predicted molar refractivity (Wildman–Crippen MR) is 88.6 cm³/mol. The summed E-state index contributed by atoms with van der Waals surface area (Å²) in [6.45, 7) is 4.98. The van der Waals surface area contributed by atoms with Gasteiger partial charge in [-0.2, -0.15) is 0 Å². The van der Waals surface area contributed by atoms with Crippen molar-refractivity contribution in [2.45, 2.75) is 6.54 Å². The first-order valence-corrected chi connectivity index (χ1v) is 7.18. The molecule has 2 aromatic rings. The molecule has 0 bridgehead atoms. The zero-order valence-corrected chi connectivity index (χ0v) is 12.8. The van der Waals surface area contributed by atoms with Crippen molar-refractivity contribution in [1.82, 2.24) is 0 Å². The molecule has 2 nitrogen and oxygen atoms in total. The van der Waals surface area contributed by atoms with Gasteiger partial charge >= 0.3 is 0 Å². The number of hydrogen-bond acceptors (Lipinski definition) is 2. The van der Waals surface area contributed by atoms with Crippen LogP contribution >= 0.6 is 22.6 Å². The smallest absolute Gasteiger partial charge is 0.119 e. The fourth-order valence-electron chi connectivity index (χ4n) is 1.66. The SMILES string of the molecule is C=CCOc1ccc(CNc2ccccc2I)cc1. The number of benzene rings is 2. The van der Waals surface area contributed by atoms with E-state index in [1.165, 1.54) is 9.13 Å². The first-order chi connectivity index (χ1) is 9.29. The lowest BCUT2D eigenvalue weighted by atomic mass is 10.2. The lowest BCUT2D eigenvalue weighted by molar-refractivity contribution is 0.363. The van der Waals surface area contributed by atoms with Gasteiger partial charge in [-0.25, -0.2) is 0 Å². The third kappa shape index (κ3) is 4.28. The molecule has 3 heteroatoms. The van der Waals surface area contributed by atoms with Gasteiger partial charge in [0.1, 0.15) is 12.4 Å². The number of para-hydroxylation sites is 1. The summed E-state index contributed by atoms with van der Waals surface area (Å²) in [5.41, 5.74) is 2.39. The van der Waals surface area contributed by atoms with Crippen molar-refractivity contribution >= 4 is 28.3 Å². The second-order valence-corrected chi connectivity index (χ2v) is 5.24. The summed E-state index contributed by atoms with van der Waals surface area (Å²) in [4.78, 5) is 0. The second-order valence-electron chi connectivity index (χ2n) is 4.08. The largest absolute Gasteiger partial charge is 0.490 e. The third-order valence-corrected chi connectivity index (χ3v) is 3.59. The normalized spacial score (nSPS) is 9.95. The summed E-state index contributed by atoms with van der Waals surface area (Å²) in [5.74, 6) is 0.873. The van der Waals surface area contributed by atoms with Crippen LogP contribution < -0.4 is 10.1 Å². The lowest BCUT2D eigenvalue weighted by Crippen LogP contribution is -2.01. The fraction of sp³-hybridized carbons (Fsp3) is 0.125. The van der Waals surface area contributed by atoms with Crippen molar-refractivity contribution in [1.29, 1.82) is 0 Å². The molecule has 19 heavy (non-hydrogen) atoms. The average molecular weight is 365 g/mol. The van der Waals surface area contributed by atoms with Crippen LogP contribution in [-0.2, 0) is 6.54 Å². The summed E-state index contributed by atoms with van der Waals surface area (Å²) in [6, 6.07) is 16.4. The van der Waals surface area contributed by atoms with E-state index in [1.54, 1.807) is 6.08 Å². The van der Waals surface area contributed by atoms with Gasteiger partial charge < -0.3 is 10.1 Å². The van der Waals surface area contributed by atoms with Crippen molar-refractivity contribution in [3.63, 3.8) is 0 Å². The van der Waals surface area contributed by atoms with E-state index in [0.717, 1.165) is 18.0 Å². The third-order valence-electron chi connectivity index (χ3n) is 2.65. The minimum atomic E-state index is 0.541. The molecule has 0 spiro atoms. The quantitative estimate of drug-likeness (QED) is 0.603. The number of anilines is 1. The van der Waals surface area contributed by atoms with Crippen LogP contribution in [0.15, 0.2) is 61.2 Å². The number of halogens is 1. The Balaban J connectivity index is 1.93. The van der Waals surface area contributed by atoms with Crippen molar-refractivity contribution in [3.05, 3.63) is 70.3 Å². The topological polar surface area (TPSA) is 21.3 Å². The maximum Gasteiger partial charge on any atom is 0.119 e. The molecule has 0 aliphatic carbocycles. The molecule has 2 rings (SSSR count). The van der Waals surface area contributed by atoms with E-state index >= 15 is 0 Å². The van der Waals surface area contributed by atoms with Gasteiger partial charge in [0.15, 0.2) is 0 Å². The van der Waals surface area contributed by atoms with Crippen molar-refractivity contribution in [2.24, 2.45) is 0 Å². The van der Waals surface area contributed by atoms with Gasteiger partial charge in [0.25, 0.3) is 0 Å². The van der Waals surface area contributed by atoms with Crippen LogP contribution in [-0.4, -0.2) is 6.61 Å². The fourth-order valence-corrected chi connectivity index (χ4v) is 2.24. The van der Waals surface area contributed by atoms with E-state index in [1.807, 2.05) is 24.3 Å². The maximum absolute atomic E-state index is 5.45. The summed E-state index contributed by atoms with van der Waals surface area (Å²) in [5, 5.41) is 3.43. The van der Waals surface area contributed by atoms with E-state index < -0.39 is 0 Å². The van der Waals surface area contributed by atoms with Gasteiger partial charge in [-0.3, -0.25) is 0 Å². The molecule has 0 atom stereocenters. The molecule has 0 amide bonds. The molecule has 0 aliphatic heterocycles. The van der Waals surface area contributed by atoms with Crippen LogP contribution in [0.4, 0.5) is 5.69 Å². The lowest BCUT2D eigenvalue weighted by Gasteiger charge is -2.09. The van der Waals surface area contributed by atoms with Crippen LogP contribution in [0, 0.1) is 3.57 Å². The van der Waals surface area contributed by atoms with Crippen LogP contribution in [0.25, 0.3) is 0 Å². The highest BCUT2D eigenvalue weighted by atomic mass is 127. The van der Waals surface area contributed by atoms with Gasteiger partial charge in [0, 0.05) is 15.8 Å². The maximum atomic E-state index is 5.45. The molecular weight excluding hydrogens is 349 g/mol. The molecule has 0 heterocycles. The first kappa shape index (κ1) is 13.9. The molecule has 98 valence electrons. The molecule has 0 fully saturated rings. The Morgan fingerprint density at radius 1 is 1.11 bits per heavy atom. The summed E-state index contributed by atoms with van der Waals surface area (Å²) in [6.07, 6.45) is 1.74. The molecule has 0 aliphatic rings. The molecule has 2 aromatic carbocycles. The highest BCUT2D eigenvalue weighted by Gasteiger charge is 1.98. The minimum absolute atomic E-state index is 0.541. The Morgan fingerprint density at radius 3 is 2.53 bits per heavy atom. The molecule has 0 radical (unpaired) electrons. The van der Waals surface area contributed by atoms with E-state index in [-0.39, 0.29) is 0 Å². The van der Waals surface area contributed by atoms with Crippen molar-refractivity contribution < 1.29 is 4.74 Å². The zero-order valence-electron chi connectivity index (χ0n) is 10.6. The second kappa shape index (κ2) is 7.19. The summed E-state index contributed by atoms with van der Waals surface area (Å²) < 4.78 is 6.68. The molecule has 1 N–H and O–H groups in total. The van der Waals surface area contributed by atoms with E-state index in [0.29, 0.717) is 6.61 Å². The monoisotopic (exact) mass is 365 g/mol. The summed E-state index contributed by atoms with van der Waals surface area (Å²) in [7, 11) is 0. The van der Waals surface area contributed by atoms with Gasteiger partial charge in [-0.05, 0) is 52.4 Å². The van der Waals surface area contributed by atoms with Crippen LogP contribution in [0.2, 0.25) is 0 Å². The van der Waals surface area contributed by atoms with E-state index in [4.69, 9.17) is 4.74 Å². The molecule has 0 saturated heterocycles.